The number of nitrogens with one attached hydrogen (secondary N) is 1. The van der Waals surface area contributed by atoms with Gasteiger partial charge in [0.1, 0.15) is 5.82 Å². The Morgan fingerprint density at radius 3 is 2.83 bits per heavy atom. The summed E-state index contributed by atoms with van der Waals surface area (Å²) < 4.78 is 15.4. The molecule has 1 aromatic heterocycles. The number of nitrogens with zero attached hydrogens (tertiary/aromatic N) is 1. The smallest absolute Gasteiger partial charge is 0.254 e. The molecule has 4 nitrogen and oxygen atoms in total. The number of benzene rings is 2. The van der Waals surface area contributed by atoms with Crippen LogP contribution in [0.4, 0.5) is 4.39 Å². The predicted octanol–water partition coefficient (Wildman–Crippen LogP) is 5.33. The van der Waals surface area contributed by atoms with Gasteiger partial charge in [-0.2, -0.15) is 0 Å². The molecule has 1 heterocycles. The monoisotopic (exact) mass is 410 g/mol. The van der Waals surface area contributed by atoms with Crippen molar-refractivity contribution in [2.24, 2.45) is 0 Å². The Kier molecular flexibility index (Phi) is 4.44. The van der Waals surface area contributed by atoms with Gasteiger partial charge < -0.3 is 0 Å². The van der Waals surface area contributed by atoms with Crippen LogP contribution in [0.2, 0.25) is 0 Å². The lowest BCUT2D eigenvalue weighted by molar-refractivity contribution is -0.135. The van der Waals surface area contributed by atoms with Crippen LogP contribution in [0.1, 0.15) is 65.6 Å². The lowest BCUT2D eigenvalue weighted by atomic mass is 9.75. The van der Waals surface area contributed by atoms with Gasteiger partial charge in [-0.3, -0.25) is 10.0 Å². The van der Waals surface area contributed by atoms with E-state index in [1.54, 1.807) is 24.3 Å². The van der Waals surface area contributed by atoms with Crippen LogP contribution in [0.25, 0.3) is 10.2 Å². The minimum absolute atomic E-state index is 0.172. The van der Waals surface area contributed by atoms with Crippen LogP contribution < -0.4 is 5.48 Å². The number of halogens is 1. The molecule has 0 spiro atoms. The Morgan fingerprint density at radius 1 is 1.24 bits per heavy atom. The number of amides is 1. The van der Waals surface area contributed by atoms with E-state index in [2.05, 4.69) is 18.2 Å². The number of fused-ring (bicyclic) bond motifs is 1. The van der Waals surface area contributed by atoms with Crippen LogP contribution in [0, 0.1) is 12.7 Å². The van der Waals surface area contributed by atoms with Gasteiger partial charge in [0.2, 0.25) is 0 Å². The summed E-state index contributed by atoms with van der Waals surface area (Å²) in [4.78, 5) is 17.5. The number of rotatable bonds is 4. The van der Waals surface area contributed by atoms with Crippen molar-refractivity contribution in [3.05, 3.63) is 63.9 Å². The molecule has 2 atom stereocenters. The first-order valence-electron chi connectivity index (χ1n) is 10.1. The van der Waals surface area contributed by atoms with Crippen LogP contribution in [0.5, 0.6) is 0 Å². The molecule has 6 heteroatoms. The number of hydrogen-bond acceptors (Lipinski definition) is 4. The standard InChI is InChI=1S/C23H23FN2O2S/c1-13-17(3-2-4-18(13)24)23(22(27)26-28)10-9-16(12-23)15-7-8-19-20(11-15)29-21(25-19)14-5-6-14/h2-4,7-8,11,14,16,28H,5-6,9-10,12H2,1H3,(H,26,27)/t16?,23-/m0/s1. The summed E-state index contributed by atoms with van der Waals surface area (Å²) in [5.41, 5.74) is 4.29. The predicted molar refractivity (Wildman–Crippen MR) is 111 cm³/mol. The number of hydroxylamine groups is 1. The van der Waals surface area contributed by atoms with Gasteiger partial charge in [-0.1, -0.05) is 18.2 Å². The summed E-state index contributed by atoms with van der Waals surface area (Å²) in [7, 11) is 0. The van der Waals surface area contributed by atoms with E-state index in [1.165, 1.54) is 34.2 Å². The third kappa shape index (κ3) is 3.06. The molecule has 3 aromatic rings. The highest BCUT2D eigenvalue weighted by atomic mass is 32.1. The third-order valence-corrected chi connectivity index (χ3v) is 7.84. The Morgan fingerprint density at radius 2 is 2.07 bits per heavy atom. The number of carbonyl (C=O) groups excluding carboxylic acids is 1. The second-order valence-electron chi connectivity index (χ2n) is 8.43. The summed E-state index contributed by atoms with van der Waals surface area (Å²) in [6.07, 6.45) is 4.40. The largest absolute Gasteiger partial charge is 0.289 e. The van der Waals surface area contributed by atoms with Gasteiger partial charge >= 0.3 is 0 Å². The Balaban J connectivity index is 1.51. The summed E-state index contributed by atoms with van der Waals surface area (Å²) in [6.45, 7) is 1.70. The molecule has 0 radical (unpaired) electrons. The first kappa shape index (κ1) is 18.7. The molecule has 2 aliphatic carbocycles. The minimum Gasteiger partial charge on any atom is -0.289 e. The Hall–Kier alpha value is -2.31. The molecule has 0 bridgehead atoms. The van der Waals surface area contributed by atoms with Crippen molar-refractivity contribution < 1.29 is 14.4 Å². The van der Waals surface area contributed by atoms with Gasteiger partial charge in [0.05, 0.1) is 20.6 Å². The van der Waals surface area contributed by atoms with E-state index < -0.39 is 11.3 Å². The van der Waals surface area contributed by atoms with E-state index >= 15 is 0 Å². The first-order valence-corrected chi connectivity index (χ1v) is 10.9. The van der Waals surface area contributed by atoms with Crippen LogP contribution >= 0.6 is 11.3 Å². The number of thiazole rings is 1. The van der Waals surface area contributed by atoms with Gasteiger partial charge in [0.25, 0.3) is 5.91 Å². The van der Waals surface area contributed by atoms with Crippen molar-refractivity contribution in [1.29, 1.82) is 0 Å². The minimum atomic E-state index is -0.923. The number of carbonyl (C=O) groups is 1. The maximum atomic E-state index is 14.2. The second kappa shape index (κ2) is 6.89. The van der Waals surface area contributed by atoms with E-state index in [1.807, 2.05) is 11.5 Å². The number of aromatic nitrogens is 1. The van der Waals surface area contributed by atoms with E-state index in [4.69, 9.17) is 4.98 Å². The van der Waals surface area contributed by atoms with Crippen LogP contribution in [-0.2, 0) is 10.2 Å². The fourth-order valence-corrected chi connectivity index (χ4v) is 6.04. The molecule has 150 valence electrons. The lowest BCUT2D eigenvalue weighted by Crippen LogP contribution is -2.42. The fourth-order valence-electron chi connectivity index (χ4n) is 4.85. The van der Waals surface area contributed by atoms with Crippen molar-refractivity contribution in [1.82, 2.24) is 10.5 Å². The van der Waals surface area contributed by atoms with Crippen molar-refractivity contribution >= 4 is 27.5 Å². The molecule has 29 heavy (non-hydrogen) atoms. The molecule has 2 N–H and O–H groups in total. The van der Waals surface area contributed by atoms with Crippen molar-refractivity contribution in [2.75, 3.05) is 0 Å². The zero-order valence-corrected chi connectivity index (χ0v) is 17.1. The molecule has 0 saturated heterocycles. The third-order valence-electron chi connectivity index (χ3n) is 6.66. The normalized spacial score (nSPS) is 24.2. The molecule has 5 rings (SSSR count). The maximum absolute atomic E-state index is 14.2. The summed E-state index contributed by atoms with van der Waals surface area (Å²) in [5, 5.41) is 10.7. The zero-order valence-electron chi connectivity index (χ0n) is 16.2. The van der Waals surface area contributed by atoms with Gasteiger partial charge in [0, 0.05) is 5.92 Å². The molecule has 2 aromatic carbocycles. The van der Waals surface area contributed by atoms with Crippen LogP contribution in [0.3, 0.4) is 0 Å². The topological polar surface area (TPSA) is 62.2 Å². The molecule has 1 amide bonds. The highest BCUT2D eigenvalue weighted by molar-refractivity contribution is 7.18. The quantitative estimate of drug-likeness (QED) is 0.451. The van der Waals surface area contributed by atoms with Crippen LogP contribution in [-0.4, -0.2) is 16.1 Å². The summed E-state index contributed by atoms with van der Waals surface area (Å²) in [5.74, 6) is 0.0309. The Bertz CT molecular complexity index is 1110. The van der Waals surface area contributed by atoms with Crippen molar-refractivity contribution in [3.63, 3.8) is 0 Å². The summed E-state index contributed by atoms with van der Waals surface area (Å²) in [6, 6.07) is 11.2. The molecule has 1 unspecified atom stereocenters. The van der Waals surface area contributed by atoms with E-state index in [0.717, 1.165) is 11.9 Å². The average Bonchev–Trinajstić information content (AvgIpc) is 3.34. The maximum Gasteiger partial charge on any atom is 0.254 e. The Labute approximate surface area is 172 Å². The van der Waals surface area contributed by atoms with Crippen molar-refractivity contribution in [2.45, 2.75) is 56.3 Å². The second-order valence-corrected chi connectivity index (χ2v) is 9.49. The number of hydrogen-bond donors (Lipinski definition) is 2. The van der Waals surface area contributed by atoms with E-state index in [0.29, 0.717) is 29.9 Å². The molecule has 2 aliphatic rings. The van der Waals surface area contributed by atoms with Crippen LogP contribution in [0.15, 0.2) is 36.4 Å². The highest BCUT2D eigenvalue weighted by Gasteiger charge is 2.48. The molecular weight excluding hydrogens is 387 g/mol. The van der Waals surface area contributed by atoms with Gasteiger partial charge in [-0.15, -0.1) is 11.3 Å². The van der Waals surface area contributed by atoms with Gasteiger partial charge in [-0.05, 0) is 79.8 Å². The highest BCUT2D eigenvalue weighted by Crippen LogP contribution is 2.50. The van der Waals surface area contributed by atoms with Gasteiger partial charge in [0.15, 0.2) is 0 Å². The SMILES string of the molecule is Cc1c(F)cccc1[C@]1(C(=O)NO)CCC(c2ccc3nc(C4CC4)sc3c2)C1. The molecule has 0 aliphatic heterocycles. The van der Waals surface area contributed by atoms with E-state index in [-0.39, 0.29) is 11.7 Å². The molecule has 2 saturated carbocycles. The molecule has 2 fully saturated rings. The first-order chi connectivity index (χ1) is 14.0. The summed E-state index contributed by atoms with van der Waals surface area (Å²) >= 11 is 1.77. The zero-order chi connectivity index (χ0) is 20.2. The lowest BCUT2D eigenvalue weighted by Gasteiger charge is -2.29. The van der Waals surface area contributed by atoms with Gasteiger partial charge in [-0.25, -0.2) is 14.9 Å². The van der Waals surface area contributed by atoms with E-state index in [9.17, 15) is 14.4 Å². The average molecular weight is 411 g/mol. The fraction of sp³-hybridized carbons (Fsp3) is 0.391. The van der Waals surface area contributed by atoms with Crippen molar-refractivity contribution in [3.8, 4) is 0 Å². The molecular formula is C23H23FN2O2S.